The number of esters is 2. The Hall–Kier alpha value is -2.07. The molecule has 0 amide bonds. The van der Waals surface area contributed by atoms with Crippen molar-refractivity contribution in [1.29, 1.82) is 0 Å². The molecule has 0 aliphatic heterocycles. The first-order valence-corrected chi connectivity index (χ1v) is 14.9. The average Bonchev–Trinajstić information content (AvgIpc) is 3.09. The summed E-state index contributed by atoms with van der Waals surface area (Å²) in [5.41, 5.74) is -0.479. The summed E-state index contributed by atoms with van der Waals surface area (Å²) in [6.07, 6.45) is 18.7. The number of hydrogen-bond acceptors (Lipinski definition) is 8. The van der Waals surface area contributed by atoms with Crippen molar-refractivity contribution in [2.24, 2.45) is 0 Å². The fourth-order valence-electron chi connectivity index (χ4n) is 4.04. The Balaban J connectivity index is 1.83. The highest BCUT2D eigenvalue weighted by molar-refractivity contribution is 7.46. The summed E-state index contributed by atoms with van der Waals surface area (Å²) in [7, 11) is -4.31. The highest BCUT2D eigenvalue weighted by atomic mass is 31.2. The highest BCUT2D eigenvalue weighted by Crippen LogP contribution is 2.35. The summed E-state index contributed by atoms with van der Waals surface area (Å²) in [4.78, 5) is 40.7. The molecule has 5 N–H and O–H groups in total. The zero-order valence-electron chi connectivity index (χ0n) is 21.7. The van der Waals surface area contributed by atoms with Crippen LogP contribution >= 0.6 is 7.82 Å². The average molecular weight is 550 g/mol. The normalized spacial score (nSPS) is 11.6. The molecule has 11 nitrogen and oxygen atoms in total. The van der Waals surface area contributed by atoms with E-state index < -0.39 is 37.1 Å². The molecule has 0 aromatic carbocycles. The van der Waals surface area contributed by atoms with Gasteiger partial charge >= 0.3 is 19.8 Å². The quantitative estimate of drug-likeness (QED) is 0.0382. The lowest BCUT2D eigenvalue weighted by atomic mass is 10.0. The second-order valence-electron chi connectivity index (χ2n) is 9.40. The van der Waals surface area contributed by atoms with Crippen LogP contribution in [0.4, 0.5) is 0 Å². The zero-order valence-corrected chi connectivity index (χ0v) is 22.6. The zero-order chi connectivity index (χ0) is 27.5. The van der Waals surface area contributed by atoms with Gasteiger partial charge in [-0.05, 0) is 12.8 Å². The predicted octanol–water partition coefficient (Wildman–Crippen LogP) is 5.95. The van der Waals surface area contributed by atoms with Gasteiger partial charge in [-0.1, -0.05) is 96.3 Å². The standard InChI is InChI=1S/C25H44NO10P/c27-22-20-21(24(29)26(22)31)25(30)36-23(28)18-16-14-12-10-8-6-4-2-1-3-5-7-9-11-13-15-17-19-35-37(32,33)34/h20,27,29,31H,1-19H2,(H2,32,33,34). The van der Waals surface area contributed by atoms with Crippen LogP contribution < -0.4 is 0 Å². The third-order valence-corrected chi connectivity index (χ3v) is 6.66. The van der Waals surface area contributed by atoms with Gasteiger partial charge < -0.3 is 29.9 Å². The molecule has 0 aliphatic rings. The van der Waals surface area contributed by atoms with Gasteiger partial charge in [-0.15, -0.1) is 4.73 Å². The van der Waals surface area contributed by atoms with Crippen LogP contribution in [0.2, 0.25) is 0 Å². The molecule has 1 rings (SSSR count). The molecular weight excluding hydrogens is 505 g/mol. The van der Waals surface area contributed by atoms with E-state index in [2.05, 4.69) is 9.26 Å². The first kappa shape index (κ1) is 33.0. The molecule has 0 bridgehead atoms. The van der Waals surface area contributed by atoms with Crippen LogP contribution in [0.25, 0.3) is 0 Å². The number of aromatic hydroxyl groups is 2. The number of carbonyl (C=O) groups excluding carboxylic acids is 2. The first-order valence-electron chi connectivity index (χ1n) is 13.4. The molecule has 0 spiro atoms. The van der Waals surface area contributed by atoms with Crippen LogP contribution in [0.15, 0.2) is 6.07 Å². The molecule has 0 saturated heterocycles. The maximum absolute atomic E-state index is 11.8. The molecular formula is C25H44NO10P. The van der Waals surface area contributed by atoms with E-state index in [1.54, 1.807) is 0 Å². The summed E-state index contributed by atoms with van der Waals surface area (Å²) in [6.45, 7) is 0.120. The third kappa shape index (κ3) is 16.4. The van der Waals surface area contributed by atoms with E-state index >= 15 is 0 Å². The number of phosphoric ester groups is 1. The number of phosphoric acid groups is 1. The molecule has 37 heavy (non-hydrogen) atoms. The van der Waals surface area contributed by atoms with Gasteiger partial charge in [-0.3, -0.25) is 9.32 Å². The second kappa shape index (κ2) is 19.1. The number of carbonyl (C=O) groups is 2. The van der Waals surface area contributed by atoms with E-state index in [0.29, 0.717) is 12.8 Å². The Labute approximate surface area is 219 Å². The number of ether oxygens (including phenoxy) is 1. The van der Waals surface area contributed by atoms with Gasteiger partial charge in [0, 0.05) is 12.5 Å². The van der Waals surface area contributed by atoms with Crippen molar-refractivity contribution in [3.63, 3.8) is 0 Å². The lowest BCUT2D eigenvalue weighted by molar-refractivity contribution is -0.138. The molecule has 1 heterocycles. The highest BCUT2D eigenvalue weighted by Gasteiger charge is 2.23. The first-order chi connectivity index (χ1) is 17.6. The Morgan fingerprint density at radius 3 is 1.51 bits per heavy atom. The largest absolute Gasteiger partial charge is 0.492 e. The molecule has 214 valence electrons. The van der Waals surface area contributed by atoms with Gasteiger partial charge in [0.25, 0.3) is 0 Å². The Morgan fingerprint density at radius 2 is 1.14 bits per heavy atom. The Morgan fingerprint density at radius 1 is 0.730 bits per heavy atom. The van der Waals surface area contributed by atoms with E-state index in [-0.39, 0.29) is 17.8 Å². The smallest absolute Gasteiger partial charge is 0.469 e. The van der Waals surface area contributed by atoms with Crippen LogP contribution in [-0.4, -0.2) is 48.5 Å². The van der Waals surface area contributed by atoms with Gasteiger partial charge in [0.15, 0.2) is 0 Å². The Kier molecular flexibility index (Phi) is 17.0. The van der Waals surface area contributed by atoms with Crippen molar-refractivity contribution in [2.75, 3.05) is 6.61 Å². The van der Waals surface area contributed by atoms with Crippen molar-refractivity contribution in [3.8, 4) is 11.8 Å². The van der Waals surface area contributed by atoms with E-state index in [1.807, 2.05) is 0 Å². The SMILES string of the molecule is O=C(CCCCCCCCCCCCCCCCCCCOP(=O)(O)O)OC(=O)c1cc(O)n(O)c1O. The second-order valence-corrected chi connectivity index (χ2v) is 10.6. The van der Waals surface area contributed by atoms with Gasteiger partial charge in [-0.2, -0.15) is 0 Å². The summed E-state index contributed by atoms with van der Waals surface area (Å²) < 4.78 is 19.6. The maximum atomic E-state index is 11.8. The molecule has 1 aromatic heterocycles. The van der Waals surface area contributed by atoms with E-state index in [1.165, 1.54) is 57.8 Å². The number of hydrogen-bond donors (Lipinski definition) is 5. The van der Waals surface area contributed by atoms with Gasteiger partial charge in [0.1, 0.15) is 5.56 Å². The summed E-state index contributed by atoms with van der Waals surface area (Å²) in [5.74, 6) is -3.44. The van der Waals surface area contributed by atoms with Crippen LogP contribution in [0.1, 0.15) is 126 Å². The number of aromatic nitrogens is 1. The van der Waals surface area contributed by atoms with E-state index in [0.717, 1.165) is 44.6 Å². The molecule has 12 heteroatoms. The minimum Gasteiger partial charge on any atom is -0.492 e. The van der Waals surface area contributed by atoms with Crippen LogP contribution in [0.3, 0.4) is 0 Å². The van der Waals surface area contributed by atoms with Crippen LogP contribution in [-0.2, 0) is 18.6 Å². The molecule has 1 aromatic rings. The molecule has 0 unspecified atom stereocenters. The summed E-state index contributed by atoms with van der Waals surface area (Å²) >= 11 is 0. The van der Waals surface area contributed by atoms with Crippen LogP contribution in [0.5, 0.6) is 11.8 Å². The number of rotatable bonds is 22. The van der Waals surface area contributed by atoms with Gasteiger partial charge in [0.05, 0.1) is 6.61 Å². The van der Waals surface area contributed by atoms with Gasteiger partial charge in [-0.25, -0.2) is 9.36 Å². The summed E-state index contributed by atoms with van der Waals surface area (Å²) in [5, 5.41) is 27.9. The van der Waals surface area contributed by atoms with Crippen molar-refractivity contribution >= 4 is 19.8 Å². The predicted molar refractivity (Wildman–Crippen MR) is 136 cm³/mol. The van der Waals surface area contributed by atoms with E-state index in [4.69, 9.17) is 9.79 Å². The molecule has 0 aliphatic carbocycles. The lowest BCUT2D eigenvalue weighted by Crippen LogP contribution is -2.12. The van der Waals surface area contributed by atoms with Crippen molar-refractivity contribution in [1.82, 2.24) is 4.73 Å². The fraction of sp³-hybridized carbons (Fsp3) is 0.760. The fourth-order valence-corrected chi connectivity index (χ4v) is 4.41. The van der Waals surface area contributed by atoms with Crippen LogP contribution in [0, 0.1) is 0 Å². The van der Waals surface area contributed by atoms with Crippen molar-refractivity contribution in [2.45, 2.75) is 116 Å². The minimum atomic E-state index is -4.31. The Bertz CT molecular complexity index is 836. The lowest BCUT2D eigenvalue weighted by Gasteiger charge is -2.05. The monoisotopic (exact) mass is 549 g/mol. The molecule has 0 radical (unpaired) electrons. The van der Waals surface area contributed by atoms with E-state index in [9.17, 15) is 29.6 Å². The van der Waals surface area contributed by atoms with Gasteiger partial charge in [0.2, 0.25) is 11.8 Å². The molecule has 0 saturated carbocycles. The topological polar surface area (TPSA) is 176 Å². The third-order valence-electron chi connectivity index (χ3n) is 6.14. The molecule has 0 atom stereocenters. The number of unbranched alkanes of at least 4 members (excludes halogenated alkanes) is 16. The summed E-state index contributed by atoms with van der Waals surface area (Å²) in [6, 6.07) is 0.816. The number of nitrogens with zero attached hydrogens (tertiary/aromatic N) is 1. The maximum Gasteiger partial charge on any atom is 0.469 e. The molecule has 0 fully saturated rings. The minimum absolute atomic E-state index is 0.0229. The van der Waals surface area contributed by atoms with Crippen molar-refractivity contribution in [3.05, 3.63) is 11.6 Å². The van der Waals surface area contributed by atoms with Crippen molar-refractivity contribution < 1.29 is 48.6 Å².